The van der Waals surface area contributed by atoms with E-state index in [1.807, 2.05) is 13.0 Å². The molecule has 1 aromatic heterocycles. The SMILES string of the molecule is COC(=O)/C(C#N)=C1/Nc2ccc(NS(=O)(=O)c3cccs3)cc2CC(C)N1. The predicted octanol–water partition coefficient (Wildman–Crippen LogP) is 2.40. The Bertz CT molecular complexity index is 1070. The summed E-state index contributed by atoms with van der Waals surface area (Å²) in [7, 11) is -2.43. The van der Waals surface area contributed by atoms with E-state index < -0.39 is 16.0 Å². The van der Waals surface area contributed by atoms with Crippen molar-refractivity contribution < 1.29 is 17.9 Å². The van der Waals surface area contributed by atoms with Crippen LogP contribution in [0.4, 0.5) is 11.4 Å². The Kier molecular flexibility index (Phi) is 5.58. The second kappa shape index (κ2) is 7.92. The van der Waals surface area contributed by atoms with E-state index in [9.17, 15) is 18.5 Å². The van der Waals surface area contributed by atoms with E-state index in [4.69, 9.17) is 0 Å². The first-order chi connectivity index (χ1) is 13.3. The highest BCUT2D eigenvalue weighted by Gasteiger charge is 2.23. The van der Waals surface area contributed by atoms with E-state index in [0.29, 0.717) is 17.8 Å². The predicted molar refractivity (Wildman–Crippen MR) is 106 cm³/mol. The number of rotatable bonds is 4. The summed E-state index contributed by atoms with van der Waals surface area (Å²) in [6, 6.07) is 10.0. The van der Waals surface area contributed by atoms with Gasteiger partial charge < -0.3 is 15.4 Å². The zero-order chi connectivity index (χ0) is 20.3. The highest BCUT2D eigenvalue weighted by atomic mass is 32.2. The average Bonchev–Trinajstić information content (AvgIpc) is 3.14. The third-order valence-corrected chi connectivity index (χ3v) is 6.82. The molecule has 1 aliphatic heterocycles. The van der Waals surface area contributed by atoms with Crippen molar-refractivity contribution in [2.24, 2.45) is 0 Å². The first kappa shape index (κ1) is 19.7. The first-order valence-electron chi connectivity index (χ1n) is 8.29. The number of sulfonamides is 1. The smallest absolute Gasteiger partial charge is 0.352 e. The van der Waals surface area contributed by atoms with Crippen molar-refractivity contribution in [3.8, 4) is 6.07 Å². The third kappa shape index (κ3) is 4.11. The molecule has 1 atom stereocenters. The van der Waals surface area contributed by atoms with Crippen molar-refractivity contribution in [1.82, 2.24) is 5.32 Å². The lowest BCUT2D eigenvalue weighted by molar-refractivity contribution is -0.135. The molecule has 28 heavy (non-hydrogen) atoms. The van der Waals surface area contributed by atoms with Crippen LogP contribution in [0.15, 0.2) is 51.3 Å². The molecule has 0 amide bonds. The van der Waals surface area contributed by atoms with Crippen molar-refractivity contribution in [1.29, 1.82) is 5.26 Å². The van der Waals surface area contributed by atoms with Gasteiger partial charge in [-0.2, -0.15) is 5.26 Å². The number of carbonyl (C=O) groups excluding carboxylic acids is 1. The van der Waals surface area contributed by atoms with Gasteiger partial charge in [-0.05, 0) is 48.6 Å². The van der Waals surface area contributed by atoms with Crippen molar-refractivity contribution >= 4 is 38.7 Å². The standard InChI is InChI=1S/C18H18N4O4S2/c1-11-8-12-9-13(22-28(24,25)16-4-3-7-27-16)5-6-15(12)21-17(20-11)14(10-19)18(23)26-2/h3-7,9,11,20-22H,8H2,1-2H3/b17-14+. The summed E-state index contributed by atoms with van der Waals surface area (Å²) in [6.07, 6.45) is 0.556. The second-order valence-electron chi connectivity index (χ2n) is 6.14. The van der Waals surface area contributed by atoms with Crippen LogP contribution in [0.1, 0.15) is 12.5 Å². The van der Waals surface area contributed by atoms with Gasteiger partial charge in [-0.15, -0.1) is 11.3 Å². The fraction of sp³-hybridized carbons (Fsp3) is 0.222. The molecular formula is C18H18N4O4S2. The molecule has 10 heteroatoms. The molecule has 8 nitrogen and oxygen atoms in total. The van der Waals surface area contributed by atoms with Crippen LogP contribution in [0.3, 0.4) is 0 Å². The Morgan fingerprint density at radius 2 is 2.18 bits per heavy atom. The Hall–Kier alpha value is -3.03. The number of fused-ring (bicyclic) bond motifs is 1. The van der Waals surface area contributed by atoms with Crippen LogP contribution in [-0.2, 0) is 26.0 Å². The molecule has 0 radical (unpaired) electrons. The van der Waals surface area contributed by atoms with Crippen LogP contribution < -0.4 is 15.4 Å². The number of hydrogen-bond acceptors (Lipinski definition) is 8. The molecule has 146 valence electrons. The number of nitriles is 1. The van der Waals surface area contributed by atoms with Gasteiger partial charge in [0.1, 0.15) is 16.1 Å². The van der Waals surface area contributed by atoms with E-state index in [1.54, 1.807) is 29.6 Å². The zero-order valence-electron chi connectivity index (χ0n) is 15.1. The summed E-state index contributed by atoms with van der Waals surface area (Å²) >= 11 is 1.14. The van der Waals surface area contributed by atoms with Crippen LogP contribution in [0, 0.1) is 11.3 Å². The van der Waals surface area contributed by atoms with Gasteiger partial charge in [-0.25, -0.2) is 13.2 Å². The highest BCUT2D eigenvalue weighted by molar-refractivity contribution is 7.94. The molecule has 2 heterocycles. The van der Waals surface area contributed by atoms with Gasteiger partial charge >= 0.3 is 5.97 Å². The van der Waals surface area contributed by atoms with Crippen LogP contribution in [0.2, 0.25) is 0 Å². The van der Waals surface area contributed by atoms with Gasteiger partial charge in [-0.3, -0.25) is 4.72 Å². The van der Waals surface area contributed by atoms with Crippen LogP contribution in [0.5, 0.6) is 0 Å². The third-order valence-electron chi connectivity index (χ3n) is 4.05. The molecule has 3 N–H and O–H groups in total. The maximum absolute atomic E-state index is 12.4. The molecular weight excluding hydrogens is 400 g/mol. The minimum atomic E-state index is -3.64. The van der Waals surface area contributed by atoms with Crippen molar-refractivity contribution in [3.05, 3.63) is 52.7 Å². The molecule has 1 aromatic carbocycles. The van der Waals surface area contributed by atoms with E-state index in [2.05, 4.69) is 20.1 Å². The van der Waals surface area contributed by atoms with Crippen LogP contribution in [0.25, 0.3) is 0 Å². The topological polar surface area (TPSA) is 120 Å². The second-order valence-corrected chi connectivity index (χ2v) is 8.99. The van der Waals surface area contributed by atoms with Gasteiger partial charge in [0.2, 0.25) is 0 Å². The molecule has 0 saturated carbocycles. The molecule has 0 spiro atoms. The maximum atomic E-state index is 12.4. The van der Waals surface area contributed by atoms with Gasteiger partial charge in [0.15, 0.2) is 5.57 Å². The Morgan fingerprint density at radius 1 is 1.39 bits per heavy atom. The van der Waals surface area contributed by atoms with Crippen molar-refractivity contribution in [2.75, 3.05) is 17.1 Å². The van der Waals surface area contributed by atoms with Gasteiger partial charge in [-0.1, -0.05) is 6.07 Å². The lowest BCUT2D eigenvalue weighted by atomic mass is 10.1. The Morgan fingerprint density at radius 3 is 2.82 bits per heavy atom. The number of methoxy groups -OCH3 is 1. The molecule has 1 aliphatic rings. The summed E-state index contributed by atoms with van der Waals surface area (Å²) in [4.78, 5) is 11.8. The van der Waals surface area contributed by atoms with Crippen molar-refractivity contribution in [2.45, 2.75) is 23.6 Å². The van der Waals surface area contributed by atoms with Gasteiger partial charge in [0, 0.05) is 17.4 Å². The molecule has 0 bridgehead atoms. The molecule has 0 aliphatic carbocycles. The fourth-order valence-corrected chi connectivity index (χ4v) is 4.85. The lowest BCUT2D eigenvalue weighted by Gasteiger charge is -2.15. The molecule has 1 unspecified atom stereocenters. The summed E-state index contributed by atoms with van der Waals surface area (Å²) in [5.74, 6) is -0.485. The molecule has 0 fully saturated rings. The summed E-state index contributed by atoms with van der Waals surface area (Å²) in [6.45, 7) is 1.89. The van der Waals surface area contributed by atoms with E-state index in [0.717, 1.165) is 16.9 Å². The van der Waals surface area contributed by atoms with Crippen LogP contribution >= 0.6 is 11.3 Å². The highest BCUT2D eigenvalue weighted by Crippen LogP contribution is 2.28. The first-order valence-corrected chi connectivity index (χ1v) is 10.7. The number of esters is 1. The fourth-order valence-electron chi connectivity index (χ4n) is 2.81. The normalized spacial score (nSPS) is 17.8. The number of carbonyl (C=O) groups is 1. The number of nitrogens with one attached hydrogen (secondary N) is 3. The van der Waals surface area contributed by atoms with E-state index in [1.165, 1.54) is 13.2 Å². The number of benzene rings is 1. The largest absolute Gasteiger partial charge is 0.465 e. The molecule has 0 saturated heterocycles. The summed E-state index contributed by atoms with van der Waals surface area (Å²) < 4.78 is 32.3. The Labute approximate surface area is 166 Å². The zero-order valence-corrected chi connectivity index (χ0v) is 16.8. The molecule has 2 aromatic rings. The number of nitrogens with zero attached hydrogens (tertiary/aromatic N) is 1. The van der Waals surface area contributed by atoms with Gasteiger partial charge in [0.25, 0.3) is 10.0 Å². The Balaban J connectivity index is 1.94. The maximum Gasteiger partial charge on any atom is 0.352 e. The number of thiophene rings is 1. The average molecular weight is 419 g/mol. The quantitative estimate of drug-likeness (QED) is 0.396. The number of anilines is 2. The monoisotopic (exact) mass is 418 g/mol. The number of ether oxygens (including phenoxy) is 1. The number of hydrogen-bond donors (Lipinski definition) is 3. The van der Waals surface area contributed by atoms with E-state index >= 15 is 0 Å². The van der Waals surface area contributed by atoms with Gasteiger partial charge in [0.05, 0.1) is 7.11 Å². The molecule has 3 rings (SSSR count). The minimum Gasteiger partial charge on any atom is -0.465 e. The minimum absolute atomic E-state index is 0.110. The summed E-state index contributed by atoms with van der Waals surface area (Å²) in [5.41, 5.74) is 1.78. The lowest BCUT2D eigenvalue weighted by Crippen LogP contribution is -2.30. The van der Waals surface area contributed by atoms with E-state index in [-0.39, 0.29) is 21.6 Å². The van der Waals surface area contributed by atoms with Crippen LogP contribution in [-0.4, -0.2) is 27.5 Å². The summed E-state index contributed by atoms with van der Waals surface area (Å²) in [5, 5.41) is 17.1. The van der Waals surface area contributed by atoms with Crippen molar-refractivity contribution in [3.63, 3.8) is 0 Å².